The summed E-state index contributed by atoms with van der Waals surface area (Å²) in [7, 11) is 0. The minimum absolute atomic E-state index is 0.217. The molecule has 280 valence electrons. The van der Waals surface area contributed by atoms with Gasteiger partial charge in [0.1, 0.15) is 12.1 Å². The number of aliphatic carboxylic acids is 2. The molecule has 0 amide bonds. The van der Waals surface area contributed by atoms with Crippen LogP contribution in [0.25, 0.3) is 0 Å². The lowest BCUT2D eigenvalue weighted by Crippen LogP contribution is -2.42. The fourth-order valence-electron chi connectivity index (χ4n) is 3.05. The zero-order valence-corrected chi connectivity index (χ0v) is 35.6. The molecule has 8 nitrogen and oxygen atoms in total. The van der Waals surface area contributed by atoms with Crippen LogP contribution < -0.4 is 21.3 Å². The standard InChI is InChI=1S/2C9H19NO2S.2C8H19NS/c2*1-6(2)10-8(9(11)12)5-13-7(3)4;2*1-7(2)9-5-6-10-8(3)4/h2*6-8,10H,5H2,1-4H3,(H,11,12);2*7-9H,5-6H2,1-4H3. The van der Waals surface area contributed by atoms with Crippen molar-refractivity contribution in [1.82, 2.24) is 21.3 Å². The molecule has 0 rings (SSSR count). The van der Waals surface area contributed by atoms with Gasteiger partial charge in [-0.15, -0.1) is 0 Å². The highest BCUT2D eigenvalue weighted by Crippen LogP contribution is 2.12. The Labute approximate surface area is 302 Å². The van der Waals surface area contributed by atoms with E-state index in [9.17, 15) is 9.59 Å². The zero-order chi connectivity index (χ0) is 36.8. The van der Waals surface area contributed by atoms with Crippen LogP contribution in [0.15, 0.2) is 0 Å². The number of hydrogen-bond donors (Lipinski definition) is 6. The maximum atomic E-state index is 10.8. The van der Waals surface area contributed by atoms with Gasteiger partial charge in [0, 0.05) is 60.3 Å². The smallest absolute Gasteiger partial charge is 0.321 e. The first-order chi connectivity index (χ1) is 21.1. The summed E-state index contributed by atoms with van der Waals surface area (Å²) < 4.78 is 0. The van der Waals surface area contributed by atoms with Gasteiger partial charge in [-0.05, 0) is 21.0 Å². The Balaban J connectivity index is -0.000000258. The largest absolute Gasteiger partial charge is 0.480 e. The molecule has 0 saturated carbocycles. The zero-order valence-electron chi connectivity index (χ0n) is 32.4. The van der Waals surface area contributed by atoms with Gasteiger partial charge in [-0.3, -0.25) is 9.59 Å². The monoisotopic (exact) mass is 732 g/mol. The van der Waals surface area contributed by atoms with Crippen molar-refractivity contribution in [3.05, 3.63) is 0 Å². The lowest BCUT2D eigenvalue weighted by molar-refractivity contribution is -0.139. The predicted molar refractivity (Wildman–Crippen MR) is 216 cm³/mol. The van der Waals surface area contributed by atoms with Gasteiger partial charge in [0.15, 0.2) is 0 Å². The maximum Gasteiger partial charge on any atom is 0.321 e. The van der Waals surface area contributed by atoms with Crippen molar-refractivity contribution in [1.29, 1.82) is 0 Å². The number of carboxylic acids is 2. The summed E-state index contributed by atoms with van der Waals surface area (Å²) >= 11 is 7.35. The molecule has 0 aromatic carbocycles. The molecular formula is C34H76N4O4S4. The summed E-state index contributed by atoms with van der Waals surface area (Å²) in [5.74, 6) is 2.20. The molecule has 0 aromatic rings. The van der Waals surface area contributed by atoms with Crippen LogP contribution in [0.3, 0.4) is 0 Å². The average molecular weight is 733 g/mol. The number of carbonyl (C=O) groups is 2. The summed E-state index contributed by atoms with van der Waals surface area (Å²) in [5.41, 5.74) is 0. The second-order valence-corrected chi connectivity index (χ2v) is 19.8. The average Bonchev–Trinajstić information content (AvgIpc) is 2.89. The molecule has 0 aliphatic carbocycles. The van der Waals surface area contributed by atoms with Crippen molar-refractivity contribution in [2.75, 3.05) is 36.1 Å². The van der Waals surface area contributed by atoms with E-state index in [0.29, 0.717) is 34.1 Å². The fourth-order valence-corrected chi connectivity index (χ4v) is 6.09. The summed E-state index contributed by atoms with van der Waals surface area (Å²) in [5, 5.41) is 33.0. The Bertz CT molecular complexity index is 608. The maximum absolute atomic E-state index is 10.8. The van der Waals surface area contributed by atoms with Gasteiger partial charge in [0.05, 0.1) is 0 Å². The van der Waals surface area contributed by atoms with Crippen LogP contribution in [0.2, 0.25) is 0 Å². The molecule has 0 spiro atoms. The molecule has 0 aliphatic heterocycles. The van der Waals surface area contributed by atoms with Gasteiger partial charge in [-0.1, -0.05) is 111 Å². The molecule has 2 unspecified atom stereocenters. The summed E-state index contributed by atoms with van der Waals surface area (Å²) in [6.45, 7) is 36.0. The van der Waals surface area contributed by atoms with E-state index < -0.39 is 24.0 Å². The number of thioether (sulfide) groups is 4. The molecule has 2 atom stereocenters. The predicted octanol–water partition coefficient (Wildman–Crippen LogP) is 7.41. The molecule has 0 aliphatic rings. The topological polar surface area (TPSA) is 123 Å². The second kappa shape index (κ2) is 35.0. The van der Waals surface area contributed by atoms with Gasteiger partial charge in [-0.2, -0.15) is 47.0 Å². The Hall–Kier alpha value is 0.180. The normalized spacial score (nSPS) is 12.7. The van der Waals surface area contributed by atoms with Gasteiger partial charge < -0.3 is 31.5 Å². The van der Waals surface area contributed by atoms with Gasteiger partial charge in [-0.25, -0.2) is 0 Å². The van der Waals surface area contributed by atoms with Crippen molar-refractivity contribution >= 4 is 59.0 Å². The number of rotatable bonds is 22. The van der Waals surface area contributed by atoms with Crippen molar-refractivity contribution in [3.63, 3.8) is 0 Å². The van der Waals surface area contributed by atoms with Crippen LogP contribution in [0.5, 0.6) is 0 Å². The molecule has 0 fully saturated rings. The lowest BCUT2D eigenvalue weighted by Gasteiger charge is -2.17. The van der Waals surface area contributed by atoms with Crippen LogP contribution in [0.4, 0.5) is 0 Å². The van der Waals surface area contributed by atoms with Gasteiger partial charge >= 0.3 is 11.9 Å². The van der Waals surface area contributed by atoms with Crippen LogP contribution >= 0.6 is 47.0 Å². The Kier molecular flexibility index (Phi) is 40.3. The minimum atomic E-state index is -0.762. The van der Waals surface area contributed by atoms with Crippen molar-refractivity contribution in [2.45, 2.75) is 168 Å². The van der Waals surface area contributed by atoms with Gasteiger partial charge in [0.2, 0.25) is 0 Å². The molecule has 46 heavy (non-hydrogen) atoms. The van der Waals surface area contributed by atoms with E-state index in [2.05, 4.69) is 104 Å². The van der Waals surface area contributed by atoms with Crippen LogP contribution in [0.1, 0.15) is 111 Å². The first-order valence-corrected chi connectivity index (χ1v) is 21.2. The fraction of sp³-hybridized carbons (Fsp3) is 0.941. The summed E-state index contributed by atoms with van der Waals surface area (Å²) in [4.78, 5) is 21.5. The SMILES string of the molecule is CC(C)NC(CSC(C)C)C(=O)O.CC(C)NC(CSC(C)C)C(=O)O.CC(C)NCCSC(C)C.CC(C)NCCSC(C)C. The van der Waals surface area contributed by atoms with Crippen LogP contribution in [0, 0.1) is 0 Å². The van der Waals surface area contributed by atoms with Crippen LogP contribution in [-0.4, -0.2) is 116 Å². The highest BCUT2D eigenvalue weighted by Gasteiger charge is 2.19. The van der Waals surface area contributed by atoms with Crippen molar-refractivity contribution in [2.24, 2.45) is 0 Å². The van der Waals surface area contributed by atoms with Crippen molar-refractivity contribution < 1.29 is 19.8 Å². The van der Waals surface area contributed by atoms with E-state index in [0.717, 1.165) is 23.6 Å². The molecule has 6 N–H and O–H groups in total. The van der Waals surface area contributed by atoms with E-state index >= 15 is 0 Å². The first kappa shape index (κ1) is 53.0. The quantitative estimate of drug-likeness (QED) is 0.0622. The highest BCUT2D eigenvalue weighted by atomic mass is 32.2. The van der Waals surface area contributed by atoms with E-state index in [1.54, 1.807) is 23.5 Å². The Morgan fingerprint density at radius 2 is 0.717 bits per heavy atom. The summed E-state index contributed by atoms with van der Waals surface area (Å²) in [6.07, 6.45) is 0. The molecule has 0 saturated heterocycles. The molecule has 0 bridgehead atoms. The van der Waals surface area contributed by atoms with E-state index in [-0.39, 0.29) is 12.1 Å². The van der Waals surface area contributed by atoms with E-state index in [1.165, 1.54) is 11.5 Å². The highest BCUT2D eigenvalue weighted by molar-refractivity contribution is 8.00. The Morgan fingerprint density at radius 1 is 0.457 bits per heavy atom. The van der Waals surface area contributed by atoms with Gasteiger partial charge in [0.25, 0.3) is 0 Å². The first-order valence-electron chi connectivity index (χ1n) is 17.0. The Morgan fingerprint density at radius 3 is 0.891 bits per heavy atom. The third-order valence-corrected chi connectivity index (χ3v) is 9.67. The molecular weight excluding hydrogens is 657 g/mol. The number of nitrogens with one attached hydrogen (secondary N) is 4. The molecule has 0 aromatic heterocycles. The molecule has 0 heterocycles. The summed E-state index contributed by atoms with van der Waals surface area (Å²) in [6, 6.07) is 0.850. The number of carboxylic acid groups (broad SMARTS) is 2. The number of hydrogen-bond acceptors (Lipinski definition) is 10. The van der Waals surface area contributed by atoms with Crippen LogP contribution in [-0.2, 0) is 9.59 Å². The van der Waals surface area contributed by atoms with E-state index in [1.807, 2.05) is 51.2 Å². The minimum Gasteiger partial charge on any atom is -0.480 e. The molecule has 12 heteroatoms. The second-order valence-electron chi connectivity index (χ2n) is 13.2. The lowest BCUT2D eigenvalue weighted by atomic mass is 10.3. The van der Waals surface area contributed by atoms with E-state index in [4.69, 9.17) is 10.2 Å². The molecule has 0 radical (unpaired) electrons. The third kappa shape index (κ3) is 51.0. The third-order valence-electron chi connectivity index (χ3n) is 5.07. The van der Waals surface area contributed by atoms with Crippen molar-refractivity contribution in [3.8, 4) is 0 Å².